The molecule has 3 rings (SSSR count). The Kier molecular flexibility index (Phi) is 5.06. The third kappa shape index (κ3) is 3.61. The fourth-order valence-corrected chi connectivity index (χ4v) is 3.78. The number of fused-ring (bicyclic) bond motifs is 1. The highest BCUT2D eigenvalue weighted by atomic mass is 32.1. The molecule has 5 heteroatoms. The molecule has 4 nitrogen and oxygen atoms in total. The number of anilines is 1. The number of hydrogen-bond donors (Lipinski definition) is 2. The Morgan fingerprint density at radius 3 is 2.65 bits per heavy atom. The Bertz CT molecular complexity index is 1020. The minimum absolute atomic E-state index is 0.479. The second kappa shape index (κ2) is 7.42. The van der Waals surface area contributed by atoms with Crippen molar-refractivity contribution < 1.29 is 0 Å². The lowest BCUT2D eigenvalue weighted by Crippen LogP contribution is -2.15. The number of benzene rings is 1. The van der Waals surface area contributed by atoms with Gasteiger partial charge in [0.15, 0.2) is 0 Å². The lowest BCUT2D eigenvalue weighted by molar-refractivity contribution is 0.851. The number of nitrogens with one attached hydrogen (secondary N) is 1. The number of aromatic nitrogens is 1. The average molecular weight is 360 g/mol. The summed E-state index contributed by atoms with van der Waals surface area (Å²) >= 11 is 1.56. The number of allylic oxidation sites excluding steroid dienone is 1. The van der Waals surface area contributed by atoms with E-state index in [2.05, 4.69) is 29.5 Å². The minimum atomic E-state index is 0.479. The Labute approximate surface area is 157 Å². The van der Waals surface area contributed by atoms with Crippen LogP contribution in [0.3, 0.4) is 0 Å². The highest BCUT2D eigenvalue weighted by Gasteiger charge is 2.13. The van der Waals surface area contributed by atoms with Crippen molar-refractivity contribution in [1.29, 1.82) is 5.26 Å². The van der Waals surface area contributed by atoms with E-state index in [-0.39, 0.29) is 0 Å². The molecule has 0 atom stereocenters. The normalized spacial score (nSPS) is 10.5. The van der Waals surface area contributed by atoms with Gasteiger partial charge in [-0.15, -0.1) is 11.3 Å². The van der Waals surface area contributed by atoms with E-state index in [0.29, 0.717) is 5.57 Å². The largest absolute Gasteiger partial charge is 0.397 e. The third-order valence-electron chi connectivity index (χ3n) is 4.20. The summed E-state index contributed by atoms with van der Waals surface area (Å²) in [5.41, 5.74) is 11.3. The van der Waals surface area contributed by atoms with E-state index in [0.717, 1.165) is 50.7 Å². The molecule has 0 saturated carbocycles. The van der Waals surface area contributed by atoms with Gasteiger partial charge in [-0.1, -0.05) is 37.4 Å². The van der Waals surface area contributed by atoms with Crippen LogP contribution in [-0.2, 0) is 6.42 Å². The Morgan fingerprint density at radius 1 is 1.23 bits per heavy atom. The summed E-state index contributed by atoms with van der Waals surface area (Å²) in [6.07, 6.45) is 0.848. The first kappa shape index (κ1) is 17.7. The van der Waals surface area contributed by atoms with Crippen LogP contribution in [0.15, 0.2) is 49.6 Å². The van der Waals surface area contributed by atoms with Crippen molar-refractivity contribution in [3.8, 4) is 6.07 Å². The maximum atomic E-state index is 8.88. The lowest BCUT2D eigenvalue weighted by atomic mass is 10.0. The van der Waals surface area contributed by atoms with Crippen LogP contribution in [0.5, 0.6) is 0 Å². The van der Waals surface area contributed by atoms with Gasteiger partial charge >= 0.3 is 0 Å². The zero-order valence-corrected chi connectivity index (χ0v) is 15.5. The fourth-order valence-electron chi connectivity index (χ4n) is 2.69. The summed E-state index contributed by atoms with van der Waals surface area (Å²) in [4.78, 5) is 6.42. The van der Waals surface area contributed by atoms with Crippen LogP contribution in [0.25, 0.3) is 21.5 Å². The molecular formula is C21H20N4S. The van der Waals surface area contributed by atoms with Crippen molar-refractivity contribution in [3.63, 3.8) is 0 Å². The molecule has 0 fully saturated rings. The van der Waals surface area contributed by atoms with Crippen LogP contribution in [0, 0.1) is 18.3 Å². The molecule has 0 aliphatic carbocycles. The molecule has 0 aliphatic rings. The van der Waals surface area contributed by atoms with Gasteiger partial charge < -0.3 is 11.1 Å². The summed E-state index contributed by atoms with van der Waals surface area (Å²) in [6, 6.07) is 13.9. The molecule has 0 radical (unpaired) electrons. The predicted octanol–water partition coefficient (Wildman–Crippen LogP) is 4.53. The number of hydrogen-bond acceptors (Lipinski definition) is 5. The van der Waals surface area contributed by atoms with Crippen molar-refractivity contribution in [3.05, 3.63) is 71.3 Å². The highest BCUT2D eigenvalue weighted by molar-refractivity contribution is 7.20. The van der Waals surface area contributed by atoms with Gasteiger partial charge in [0.1, 0.15) is 4.83 Å². The number of thiophene rings is 1. The summed E-state index contributed by atoms with van der Waals surface area (Å²) in [6.45, 7) is 10.6. The lowest BCUT2D eigenvalue weighted by Gasteiger charge is -2.09. The third-order valence-corrected chi connectivity index (χ3v) is 5.37. The van der Waals surface area contributed by atoms with E-state index < -0.39 is 0 Å². The first-order valence-corrected chi connectivity index (χ1v) is 9.08. The second-order valence-corrected chi connectivity index (χ2v) is 7.09. The highest BCUT2D eigenvalue weighted by Crippen LogP contribution is 2.35. The molecule has 0 amide bonds. The van der Waals surface area contributed by atoms with E-state index >= 15 is 0 Å². The molecule has 26 heavy (non-hydrogen) atoms. The molecular weight excluding hydrogens is 340 g/mol. The van der Waals surface area contributed by atoms with Crippen LogP contribution in [0.2, 0.25) is 0 Å². The van der Waals surface area contributed by atoms with Gasteiger partial charge in [-0.2, -0.15) is 5.26 Å². The van der Waals surface area contributed by atoms with Crippen LogP contribution >= 0.6 is 11.3 Å². The van der Waals surface area contributed by atoms with Gasteiger partial charge in [-0.05, 0) is 36.6 Å². The number of aryl methyl sites for hydroxylation is 1. The van der Waals surface area contributed by atoms with Crippen molar-refractivity contribution in [1.82, 2.24) is 10.3 Å². The van der Waals surface area contributed by atoms with Crippen LogP contribution in [0.4, 0.5) is 5.69 Å². The molecule has 2 heterocycles. The average Bonchev–Trinajstić information content (AvgIpc) is 2.97. The van der Waals surface area contributed by atoms with Gasteiger partial charge in [0.25, 0.3) is 0 Å². The van der Waals surface area contributed by atoms with E-state index in [4.69, 9.17) is 11.0 Å². The van der Waals surface area contributed by atoms with Gasteiger partial charge in [0.05, 0.1) is 22.2 Å². The maximum absolute atomic E-state index is 8.88. The maximum Gasteiger partial charge on any atom is 0.126 e. The smallest absolute Gasteiger partial charge is 0.126 e. The van der Waals surface area contributed by atoms with Crippen molar-refractivity contribution in [2.24, 2.45) is 0 Å². The number of nitrogens with two attached hydrogens (primary N) is 1. The minimum Gasteiger partial charge on any atom is -0.397 e. The molecule has 0 unspecified atom stereocenters. The molecule has 0 spiro atoms. The summed E-state index contributed by atoms with van der Waals surface area (Å²) in [5, 5.41) is 13.2. The Balaban J connectivity index is 1.63. The van der Waals surface area contributed by atoms with Crippen LogP contribution < -0.4 is 11.1 Å². The van der Waals surface area contributed by atoms with E-state index in [1.165, 1.54) is 5.56 Å². The fraction of sp³-hybridized carbons (Fsp3) is 0.143. The second-order valence-electron chi connectivity index (χ2n) is 6.09. The van der Waals surface area contributed by atoms with Crippen molar-refractivity contribution in [2.75, 3.05) is 12.3 Å². The molecule has 3 N–H and O–H groups in total. The predicted molar refractivity (Wildman–Crippen MR) is 111 cm³/mol. The van der Waals surface area contributed by atoms with E-state index in [9.17, 15) is 0 Å². The van der Waals surface area contributed by atoms with E-state index in [1.54, 1.807) is 11.3 Å². The quantitative estimate of drug-likeness (QED) is 0.634. The topological polar surface area (TPSA) is 74.7 Å². The summed E-state index contributed by atoms with van der Waals surface area (Å²) in [5.74, 6) is 0. The molecule has 2 aromatic heterocycles. The van der Waals surface area contributed by atoms with Crippen molar-refractivity contribution in [2.45, 2.75) is 13.3 Å². The molecule has 1 aromatic carbocycles. The Hall–Kier alpha value is -3.10. The molecule has 0 bridgehead atoms. The number of pyridine rings is 1. The van der Waals surface area contributed by atoms with Gasteiger partial charge in [-0.25, -0.2) is 4.98 Å². The summed E-state index contributed by atoms with van der Waals surface area (Å²) < 4.78 is 0. The monoisotopic (exact) mass is 360 g/mol. The standard InChI is InChI=1S/C21H20N4S/c1-13(12-22)17-7-5-16(6-8-17)10-11-24-15(3)20-19(23)18-9-4-14(2)25-21(18)26-20/h4-9,24H,1,3,10-11,23H2,2H3. The molecule has 0 aliphatic heterocycles. The Morgan fingerprint density at radius 2 is 1.96 bits per heavy atom. The summed E-state index contributed by atoms with van der Waals surface area (Å²) in [7, 11) is 0. The van der Waals surface area contributed by atoms with Crippen LogP contribution in [0.1, 0.15) is 21.7 Å². The van der Waals surface area contributed by atoms with Gasteiger partial charge in [0, 0.05) is 23.3 Å². The SMILES string of the molecule is C=C(C#N)c1ccc(CCNC(=C)c2sc3nc(C)ccc3c2N)cc1. The van der Waals surface area contributed by atoms with Gasteiger partial charge in [-0.3, -0.25) is 0 Å². The first-order valence-electron chi connectivity index (χ1n) is 8.26. The molecule has 130 valence electrons. The molecule has 0 saturated heterocycles. The van der Waals surface area contributed by atoms with E-state index in [1.807, 2.05) is 43.3 Å². The van der Waals surface area contributed by atoms with Crippen LogP contribution in [-0.4, -0.2) is 11.5 Å². The number of rotatable bonds is 6. The number of nitrogen functional groups attached to an aromatic ring is 1. The number of nitrogens with zero attached hydrogens (tertiary/aromatic N) is 2. The zero-order valence-electron chi connectivity index (χ0n) is 14.7. The molecule has 3 aromatic rings. The number of nitriles is 1. The van der Waals surface area contributed by atoms with Gasteiger partial charge in [0.2, 0.25) is 0 Å². The first-order chi connectivity index (χ1) is 12.5. The van der Waals surface area contributed by atoms with Crippen molar-refractivity contribution >= 4 is 38.5 Å². The zero-order chi connectivity index (χ0) is 18.7.